The van der Waals surface area contributed by atoms with Crippen molar-refractivity contribution in [1.82, 2.24) is 10.2 Å². The van der Waals surface area contributed by atoms with Crippen LogP contribution in [0.3, 0.4) is 0 Å². The lowest BCUT2D eigenvalue weighted by atomic mass is 9.81. The quantitative estimate of drug-likeness (QED) is 0.571. The molecular weight excluding hydrogens is 356 g/mol. The lowest BCUT2D eigenvalue weighted by Gasteiger charge is -2.43. The highest BCUT2D eigenvalue weighted by molar-refractivity contribution is 5.87. The van der Waals surface area contributed by atoms with Gasteiger partial charge in [-0.15, -0.1) is 0 Å². The van der Waals surface area contributed by atoms with Crippen LogP contribution in [-0.2, 0) is 14.3 Å². The number of alkyl carbamates (subject to hydrolysis) is 1. The van der Waals surface area contributed by atoms with Crippen molar-refractivity contribution in [2.75, 3.05) is 6.54 Å². The van der Waals surface area contributed by atoms with E-state index in [0.717, 1.165) is 24.7 Å². The molecule has 6 nitrogen and oxygen atoms in total. The second kappa shape index (κ2) is 9.71. The number of ether oxygens (including phenoxy) is 1. The van der Waals surface area contributed by atoms with E-state index in [1.54, 1.807) is 20.8 Å². The maximum atomic E-state index is 13.1. The lowest BCUT2D eigenvalue weighted by Crippen LogP contribution is -2.58. The monoisotopic (exact) mass is 388 g/mol. The Labute approximate surface area is 167 Å². The van der Waals surface area contributed by atoms with E-state index in [4.69, 9.17) is 4.74 Å². The van der Waals surface area contributed by atoms with Gasteiger partial charge in [-0.05, 0) is 52.5 Å². The molecule has 1 heterocycles. The van der Waals surface area contributed by atoms with Crippen LogP contribution >= 0.6 is 0 Å². The largest absolute Gasteiger partial charge is 0.444 e. The number of nitrogens with zero attached hydrogens (tertiary/aromatic N) is 1. The molecule has 3 atom stereocenters. The SMILES string of the molecule is CC1C(c2ccccc2)CC(NC(=O)OC(C)(C)C)C(=O)N1CCCCC=O. The molecule has 2 rings (SSSR count). The van der Waals surface area contributed by atoms with Gasteiger partial charge in [0, 0.05) is 24.9 Å². The third-order valence-corrected chi connectivity index (χ3v) is 5.03. The van der Waals surface area contributed by atoms with E-state index in [-0.39, 0.29) is 17.9 Å². The summed E-state index contributed by atoms with van der Waals surface area (Å²) in [6, 6.07) is 9.46. The van der Waals surface area contributed by atoms with Gasteiger partial charge in [0.15, 0.2) is 0 Å². The van der Waals surface area contributed by atoms with Gasteiger partial charge in [0.25, 0.3) is 0 Å². The average Bonchev–Trinajstić information content (AvgIpc) is 2.62. The zero-order valence-corrected chi connectivity index (χ0v) is 17.3. The van der Waals surface area contributed by atoms with E-state index in [9.17, 15) is 14.4 Å². The van der Waals surface area contributed by atoms with Crippen molar-refractivity contribution in [3.05, 3.63) is 35.9 Å². The van der Waals surface area contributed by atoms with Gasteiger partial charge in [0.1, 0.15) is 17.9 Å². The molecule has 1 N–H and O–H groups in total. The van der Waals surface area contributed by atoms with Gasteiger partial charge in [0.2, 0.25) is 5.91 Å². The molecule has 0 saturated carbocycles. The lowest BCUT2D eigenvalue weighted by molar-refractivity contribution is -0.139. The van der Waals surface area contributed by atoms with Gasteiger partial charge in [0.05, 0.1) is 0 Å². The van der Waals surface area contributed by atoms with Crippen LogP contribution in [0.1, 0.15) is 64.9 Å². The van der Waals surface area contributed by atoms with E-state index >= 15 is 0 Å². The molecule has 3 unspecified atom stereocenters. The van der Waals surface area contributed by atoms with E-state index in [1.807, 2.05) is 23.1 Å². The highest BCUT2D eigenvalue weighted by Gasteiger charge is 2.40. The fourth-order valence-corrected chi connectivity index (χ4v) is 3.68. The van der Waals surface area contributed by atoms with Crippen molar-refractivity contribution >= 4 is 18.3 Å². The Morgan fingerprint density at radius 2 is 1.93 bits per heavy atom. The summed E-state index contributed by atoms with van der Waals surface area (Å²) in [5.74, 6) is 0.0292. The van der Waals surface area contributed by atoms with Crippen LogP contribution < -0.4 is 5.32 Å². The normalized spacial score (nSPS) is 22.6. The third-order valence-electron chi connectivity index (χ3n) is 5.03. The second-order valence-corrected chi connectivity index (χ2v) is 8.39. The number of hydrogen-bond donors (Lipinski definition) is 1. The number of likely N-dealkylation sites (tertiary alicyclic amines) is 1. The Hall–Kier alpha value is -2.37. The first-order valence-corrected chi connectivity index (χ1v) is 10.0. The van der Waals surface area contributed by atoms with E-state index in [0.29, 0.717) is 19.4 Å². The Kier molecular flexibility index (Phi) is 7.61. The van der Waals surface area contributed by atoms with Crippen molar-refractivity contribution < 1.29 is 19.1 Å². The van der Waals surface area contributed by atoms with E-state index < -0.39 is 17.7 Å². The van der Waals surface area contributed by atoms with Crippen LogP contribution in [0, 0.1) is 0 Å². The predicted octanol–water partition coefficient (Wildman–Crippen LogP) is 3.65. The fraction of sp³-hybridized carbons (Fsp3) is 0.591. The zero-order valence-electron chi connectivity index (χ0n) is 17.3. The summed E-state index contributed by atoms with van der Waals surface area (Å²) < 4.78 is 5.35. The molecule has 2 amide bonds. The number of piperidine rings is 1. The number of unbranched alkanes of at least 4 members (excludes halogenated alkanes) is 2. The maximum Gasteiger partial charge on any atom is 0.408 e. The standard InChI is InChI=1S/C22H32N2O4/c1-16-18(17-11-7-5-8-12-17)15-19(23-21(27)28-22(2,3)4)20(26)24(16)13-9-6-10-14-25/h5,7-8,11-12,14,16,18-19H,6,9-10,13,15H2,1-4H3,(H,23,27). The summed E-state index contributed by atoms with van der Waals surface area (Å²) in [6.45, 7) is 8.01. The number of benzene rings is 1. The molecule has 1 aromatic rings. The molecule has 0 bridgehead atoms. The molecule has 1 fully saturated rings. The van der Waals surface area contributed by atoms with Crippen LogP contribution in [0.15, 0.2) is 30.3 Å². The number of rotatable bonds is 7. The van der Waals surface area contributed by atoms with E-state index in [1.165, 1.54) is 0 Å². The molecular formula is C22H32N2O4. The smallest absolute Gasteiger partial charge is 0.408 e. The van der Waals surface area contributed by atoms with Crippen LogP contribution in [-0.4, -0.2) is 47.4 Å². The van der Waals surface area contributed by atoms with E-state index in [2.05, 4.69) is 24.4 Å². The van der Waals surface area contributed by atoms with Crippen molar-refractivity contribution in [2.45, 2.75) is 77.0 Å². The second-order valence-electron chi connectivity index (χ2n) is 8.39. The van der Waals surface area contributed by atoms with Gasteiger partial charge >= 0.3 is 6.09 Å². The Balaban J connectivity index is 2.17. The molecule has 0 aliphatic carbocycles. The number of carbonyl (C=O) groups is 3. The predicted molar refractivity (Wildman–Crippen MR) is 108 cm³/mol. The summed E-state index contributed by atoms with van der Waals surface area (Å²) in [5.41, 5.74) is 0.527. The maximum absolute atomic E-state index is 13.1. The Bertz CT molecular complexity index is 669. The zero-order chi connectivity index (χ0) is 20.7. The minimum absolute atomic E-state index is 0.0165. The summed E-state index contributed by atoms with van der Waals surface area (Å²) in [4.78, 5) is 37.7. The molecule has 1 aliphatic heterocycles. The van der Waals surface area contributed by atoms with Gasteiger partial charge in [-0.3, -0.25) is 4.79 Å². The highest BCUT2D eigenvalue weighted by Crippen LogP contribution is 2.33. The first kappa shape index (κ1) is 21.9. The van der Waals surface area contributed by atoms with Crippen molar-refractivity contribution in [1.29, 1.82) is 0 Å². The molecule has 1 saturated heterocycles. The molecule has 28 heavy (non-hydrogen) atoms. The number of amides is 2. The van der Waals surface area contributed by atoms with Crippen molar-refractivity contribution in [3.8, 4) is 0 Å². The summed E-state index contributed by atoms with van der Waals surface area (Å²) in [6.07, 6.45) is 2.87. The molecule has 0 spiro atoms. The van der Waals surface area contributed by atoms with Crippen LogP contribution in [0.25, 0.3) is 0 Å². The first-order valence-electron chi connectivity index (χ1n) is 10.0. The number of nitrogens with one attached hydrogen (secondary N) is 1. The van der Waals surface area contributed by atoms with Crippen molar-refractivity contribution in [2.24, 2.45) is 0 Å². The minimum Gasteiger partial charge on any atom is -0.444 e. The molecule has 154 valence electrons. The number of carbonyl (C=O) groups excluding carboxylic acids is 3. The Morgan fingerprint density at radius 1 is 1.25 bits per heavy atom. The highest BCUT2D eigenvalue weighted by atomic mass is 16.6. The van der Waals surface area contributed by atoms with Gasteiger partial charge in [-0.1, -0.05) is 30.3 Å². The summed E-state index contributed by atoms with van der Waals surface area (Å²) in [5, 5.41) is 2.77. The average molecular weight is 389 g/mol. The van der Waals surface area contributed by atoms with Crippen LogP contribution in [0.5, 0.6) is 0 Å². The third kappa shape index (κ3) is 6.08. The summed E-state index contributed by atoms with van der Waals surface area (Å²) in [7, 11) is 0. The van der Waals surface area contributed by atoms with Crippen LogP contribution in [0.2, 0.25) is 0 Å². The molecule has 6 heteroatoms. The van der Waals surface area contributed by atoms with Crippen LogP contribution in [0.4, 0.5) is 4.79 Å². The summed E-state index contributed by atoms with van der Waals surface area (Å²) >= 11 is 0. The molecule has 1 aromatic carbocycles. The fourth-order valence-electron chi connectivity index (χ4n) is 3.68. The molecule has 0 aromatic heterocycles. The Morgan fingerprint density at radius 3 is 2.54 bits per heavy atom. The molecule has 0 radical (unpaired) electrons. The first-order chi connectivity index (χ1) is 13.2. The topological polar surface area (TPSA) is 75.7 Å². The number of aldehydes is 1. The van der Waals surface area contributed by atoms with Gasteiger partial charge < -0.3 is 19.7 Å². The number of hydrogen-bond acceptors (Lipinski definition) is 4. The minimum atomic E-state index is -0.623. The van der Waals surface area contributed by atoms with Crippen molar-refractivity contribution in [3.63, 3.8) is 0 Å². The molecule has 1 aliphatic rings. The van der Waals surface area contributed by atoms with Gasteiger partial charge in [-0.2, -0.15) is 0 Å². The van der Waals surface area contributed by atoms with Gasteiger partial charge in [-0.25, -0.2) is 4.79 Å².